The first kappa shape index (κ1) is 14.8. The Labute approximate surface area is 118 Å². The van der Waals surface area contributed by atoms with Gasteiger partial charge in [-0.3, -0.25) is 0 Å². The molecule has 0 unspecified atom stereocenters. The van der Waals surface area contributed by atoms with E-state index in [1.807, 2.05) is 6.07 Å². The van der Waals surface area contributed by atoms with Crippen LogP contribution in [0.5, 0.6) is 0 Å². The minimum atomic E-state index is -3.43. The fraction of sp³-hybridized carbons (Fsp3) is 0.538. The molecule has 6 nitrogen and oxygen atoms in total. The average molecular weight is 294 g/mol. The SMILES string of the molecule is [N-]=[N+]=NCCCCNS(=O)(=O)c1ccc2c(c1)CCC2. The molecule has 0 bridgehead atoms. The normalized spacial score (nSPS) is 13.8. The van der Waals surface area contributed by atoms with Gasteiger partial charge < -0.3 is 0 Å². The number of azide groups is 1. The van der Waals surface area contributed by atoms with Crippen molar-refractivity contribution < 1.29 is 8.42 Å². The molecule has 0 saturated heterocycles. The average Bonchev–Trinajstić information content (AvgIpc) is 2.90. The van der Waals surface area contributed by atoms with Crippen LogP contribution in [0, 0.1) is 0 Å². The maximum atomic E-state index is 12.1. The molecule has 0 aromatic heterocycles. The Morgan fingerprint density at radius 2 is 2.05 bits per heavy atom. The highest BCUT2D eigenvalue weighted by atomic mass is 32.2. The van der Waals surface area contributed by atoms with E-state index in [9.17, 15) is 8.42 Å². The number of benzene rings is 1. The summed E-state index contributed by atoms with van der Waals surface area (Å²) in [6.45, 7) is 0.761. The smallest absolute Gasteiger partial charge is 0.211 e. The van der Waals surface area contributed by atoms with Gasteiger partial charge in [-0.2, -0.15) is 0 Å². The van der Waals surface area contributed by atoms with Crippen molar-refractivity contribution in [2.24, 2.45) is 5.11 Å². The summed E-state index contributed by atoms with van der Waals surface area (Å²) in [5.41, 5.74) is 10.5. The van der Waals surface area contributed by atoms with Gasteiger partial charge >= 0.3 is 0 Å². The zero-order chi connectivity index (χ0) is 14.4. The Morgan fingerprint density at radius 1 is 1.25 bits per heavy atom. The van der Waals surface area contributed by atoms with E-state index in [2.05, 4.69) is 14.7 Å². The highest BCUT2D eigenvalue weighted by molar-refractivity contribution is 7.89. The van der Waals surface area contributed by atoms with E-state index in [1.54, 1.807) is 12.1 Å². The molecule has 1 N–H and O–H groups in total. The van der Waals surface area contributed by atoms with Crippen LogP contribution in [-0.2, 0) is 22.9 Å². The van der Waals surface area contributed by atoms with Gasteiger partial charge in [-0.25, -0.2) is 13.1 Å². The second-order valence-electron chi connectivity index (χ2n) is 4.84. The molecule has 108 valence electrons. The molecule has 1 aliphatic carbocycles. The van der Waals surface area contributed by atoms with Crippen LogP contribution < -0.4 is 4.72 Å². The van der Waals surface area contributed by atoms with Gasteiger partial charge in [-0.05, 0) is 60.9 Å². The van der Waals surface area contributed by atoms with Crippen LogP contribution >= 0.6 is 0 Å². The van der Waals surface area contributed by atoms with E-state index in [0.717, 1.165) is 24.8 Å². The zero-order valence-electron chi connectivity index (χ0n) is 11.2. The molecule has 0 heterocycles. The number of nitrogens with zero attached hydrogens (tertiary/aromatic N) is 3. The molecule has 0 fully saturated rings. The number of hydrogen-bond acceptors (Lipinski definition) is 3. The molecule has 0 spiro atoms. The van der Waals surface area contributed by atoms with Crippen LogP contribution in [0.1, 0.15) is 30.4 Å². The van der Waals surface area contributed by atoms with Crippen molar-refractivity contribution in [2.75, 3.05) is 13.1 Å². The third-order valence-corrected chi connectivity index (χ3v) is 4.88. The van der Waals surface area contributed by atoms with Gasteiger partial charge in [0.05, 0.1) is 4.90 Å². The molecular weight excluding hydrogens is 276 g/mol. The Balaban J connectivity index is 1.91. The van der Waals surface area contributed by atoms with E-state index in [-0.39, 0.29) is 0 Å². The lowest BCUT2D eigenvalue weighted by molar-refractivity contribution is 0.577. The summed E-state index contributed by atoms with van der Waals surface area (Å²) in [6.07, 6.45) is 4.44. The summed E-state index contributed by atoms with van der Waals surface area (Å²) in [5.74, 6) is 0. The summed E-state index contributed by atoms with van der Waals surface area (Å²) in [6, 6.07) is 5.37. The number of hydrogen-bond donors (Lipinski definition) is 1. The highest BCUT2D eigenvalue weighted by Gasteiger charge is 2.17. The zero-order valence-corrected chi connectivity index (χ0v) is 12.1. The molecule has 0 radical (unpaired) electrons. The summed E-state index contributed by atoms with van der Waals surface area (Å²) >= 11 is 0. The fourth-order valence-corrected chi connectivity index (χ4v) is 3.48. The van der Waals surface area contributed by atoms with Crippen LogP contribution in [0.2, 0.25) is 0 Å². The number of nitrogens with one attached hydrogen (secondary N) is 1. The third-order valence-electron chi connectivity index (χ3n) is 3.42. The lowest BCUT2D eigenvalue weighted by Crippen LogP contribution is -2.25. The van der Waals surface area contributed by atoms with E-state index >= 15 is 0 Å². The van der Waals surface area contributed by atoms with Crippen LogP contribution in [0.3, 0.4) is 0 Å². The predicted octanol–water partition coefficient (Wildman–Crippen LogP) is 2.54. The maximum absolute atomic E-state index is 12.1. The monoisotopic (exact) mass is 294 g/mol. The summed E-state index contributed by atoms with van der Waals surface area (Å²) in [4.78, 5) is 2.99. The molecule has 1 aromatic carbocycles. The van der Waals surface area contributed by atoms with Crippen molar-refractivity contribution >= 4 is 10.0 Å². The van der Waals surface area contributed by atoms with E-state index in [1.165, 1.54) is 5.56 Å². The molecule has 0 amide bonds. The summed E-state index contributed by atoms with van der Waals surface area (Å²) in [7, 11) is -3.43. The number of fused-ring (bicyclic) bond motifs is 1. The van der Waals surface area contributed by atoms with E-state index in [4.69, 9.17) is 5.53 Å². The Morgan fingerprint density at radius 3 is 2.85 bits per heavy atom. The van der Waals surface area contributed by atoms with Gasteiger partial charge in [-0.15, -0.1) is 0 Å². The van der Waals surface area contributed by atoms with Crippen LogP contribution in [0.4, 0.5) is 0 Å². The first-order valence-corrected chi connectivity index (χ1v) is 8.24. The van der Waals surface area contributed by atoms with E-state index < -0.39 is 10.0 Å². The molecule has 0 atom stereocenters. The topological polar surface area (TPSA) is 94.9 Å². The van der Waals surface area contributed by atoms with Crippen LogP contribution in [0.15, 0.2) is 28.2 Å². The lowest BCUT2D eigenvalue weighted by Gasteiger charge is -2.08. The van der Waals surface area contributed by atoms with Gasteiger partial charge in [0.25, 0.3) is 0 Å². The number of sulfonamides is 1. The van der Waals surface area contributed by atoms with Gasteiger partial charge in [0, 0.05) is 18.0 Å². The Bertz CT molecular complexity index is 621. The second kappa shape index (κ2) is 6.74. The van der Waals surface area contributed by atoms with Crippen LogP contribution in [-0.4, -0.2) is 21.5 Å². The quantitative estimate of drug-likeness (QED) is 0.362. The second-order valence-corrected chi connectivity index (χ2v) is 6.61. The van der Waals surface area contributed by atoms with Crippen molar-refractivity contribution in [3.05, 3.63) is 39.8 Å². The first-order chi connectivity index (χ1) is 9.63. The standard InChI is InChI=1S/C13H18N4O2S/c14-17-15-8-1-2-9-16-20(18,19)13-7-6-11-4-3-5-12(11)10-13/h6-7,10,16H,1-5,8-9H2. The molecular formula is C13H18N4O2S. The highest BCUT2D eigenvalue weighted by Crippen LogP contribution is 2.24. The number of rotatable bonds is 7. The third kappa shape index (κ3) is 3.72. The predicted molar refractivity (Wildman–Crippen MR) is 76.9 cm³/mol. The van der Waals surface area contributed by atoms with Crippen molar-refractivity contribution in [3.63, 3.8) is 0 Å². The minimum absolute atomic E-state index is 0.341. The van der Waals surface area contributed by atoms with Crippen LogP contribution in [0.25, 0.3) is 10.4 Å². The number of unbranched alkanes of at least 4 members (excludes halogenated alkanes) is 1. The summed E-state index contributed by atoms with van der Waals surface area (Å²) in [5, 5.41) is 3.41. The molecule has 0 saturated carbocycles. The number of aryl methyl sites for hydroxylation is 2. The summed E-state index contributed by atoms with van der Waals surface area (Å²) < 4.78 is 26.8. The molecule has 1 aromatic rings. The van der Waals surface area contributed by atoms with Crippen molar-refractivity contribution in [2.45, 2.75) is 37.0 Å². The van der Waals surface area contributed by atoms with Gasteiger partial charge in [0.15, 0.2) is 0 Å². The Kier molecular flexibility index (Phi) is 5.00. The molecule has 1 aliphatic rings. The maximum Gasteiger partial charge on any atom is 0.240 e. The Hall–Kier alpha value is -1.56. The lowest BCUT2D eigenvalue weighted by atomic mass is 10.1. The molecule has 2 rings (SSSR count). The van der Waals surface area contributed by atoms with Gasteiger partial charge in [-0.1, -0.05) is 11.2 Å². The van der Waals surface area contributed by atoms with Gasteiger partial charge in [0.1, 0.15) is 0 Å². The first-order valence-electron chi connectivity index (χ1n) is 6.76. The largest absolute Gasteiger partial charge is 0.240 e. The van der Waals surface area contributed by atoms with Crippen molar-refractivity contribution in [1.29, 1.82) is 0 Å². The van der Waals surface area contributed by atoms with E-state index in [0.29, 0.717) is 30.8 Å². The fourth-order valence-electron chi connectivity index (χ4n) is 2.36. The molecule has 7 heteroatoms. The molecule has 0 aliphatic heterocycles. The minimum Gasteiger partial charge on any atom is -0.211 e. The van der Waals surface area contributed by atoms with Crippen molar-refractivity contribution in [3.8, 4) is 0 Å². The van der Waals surface area contributed by atoms with Crippen molar-refractivity contribution in [1.82, 2.24) is 4.72 Å². The molecule has 20 heavy (non-hydrogen) atoms. The van der Waals surface area contributed by atoms with Gasteiger partial charge in [0.2, 0.25) is 10.0 Å².